The first-order chi connectivity index (χ1) is 16.2. The fraction of sp³-hybridized carbons (Fsp3) is 0.500. The number of hydrogen-bond acceptors (Lipinski definition) is 9. The predicted molar refractivity (Wildman–Crippen MR) is 131 cm³/mol. The van der Waals surface area contributed by atoms with Crippen LogP contribution in [0.1, 0.15) is 32.6 Å². The van der Waals surface area contributed by atoms with Crippen molar-refractivity contribution in [1.82, 2.24) is 9.97 Å². The van der Waals surface area contributed by atoms with Gasteiger partial charge in [0.15, 0.2) is 0 Å². The standard InChI is InChI=1S/C24H32N6O3/c1-4-26-20-15-18(30-11-13-32-14-12-30)16-21(23(20)25-2)33-19-7-5-17(6-8-19)28-22-9-10-27-24(29-22)31-3/h4,9-10,15-17,19H,2,5-8,11-14H2,1,3H3,(H,27,28,29). The van der Waals surface area contributed by atoms with E-state index >= 15 is 0 Å². The Morgan fingerprint density at radius 2 is 2.00 bits per heavy atom. The van der Waals surface area contributed by atoms with E-state index in [0.29, 0.717) is 17.7 Å². The van der Waals surface area contributed by atoms with Crippen LogP contribution in [0.4, 0.5) is 22.9 Å². The van der Waals surface area contributed by atoms with E-state index in [-0.39, 0.29) is 6.10 Å². The van der Waals surface area contributed by atoms with Crippen LogP contribution in [-0.4, -0.2) is 68.5 Å². The van der Waals surface area contributed by atoms with Crippen molar-refractivity contribution in [3.63, 3.8) is 0 Å². The second kappa shape index (κ2) is 11.1. The lowest BCUT2D eigenvalue weighted by Gasteiger charge is -2.32. The maximum absolute atomic E-state index is 6.49. The Morgan fingerprint density at radius 1 is 1.21 bits per heavy atom. The Morgan fingerprint density at radius 3 is 2.70 bits per heavy atom. The molecule has 2 fully saturated rings. The Labute approximate surface area is 194 Å². The van der Waals surface area contributed by atoms with Gasteiger partial charge in [0, 0.05) is 43.3 Å². The van der Waals surface area contributed by atoms with Crippen molar-refractivity contribution in [2.24, 2.45) is 9.98 Å². The summed E-state index contributed by atoms with van der Waals surface area (Å²) in [5.41, 5.74) is 2.55. The van der Waals surface area contributed by atoms with Gasteiger partial charge < -0.3 is 24.4 Å². The van der Waals surface area contributed by atoms with E-state index < -0.39 is 0 Å². The summed E-state index contributed by atoms with van der Waals surface area (Å²) >= 11 is 0. The lowest BCUT2D eigenvalue weighted by molar-refractivity contribution is 0.122. The number of benzene rings is 1. The topological polar surface area (TPSA) is 93.5 Å². The van der Waals surface area contributed by atoms with Crippen LogP contribution in [0.25, 0.3) is 0 Å². The number of nitrogens with zero attached hydrogens (tertiary/aromatic N) is 5. The number of morpholine rings is 1. The molecule has 9 heteroatoms. The van der Waals surface area contributed by atoms with Gasteiger partial charge in [0.1, 0.15) is 17.3 Å². The van der Waals surface area contributed by atoms with Crippen LogP contribution in [-0.2, 0) is 4.74 Å². The van der Waals surface area contributed by atoms with Crippen LogP contribution < -0.4 is 19.7 Å². The number of hydrogen-bond donors (Lipinski definition) is 1. The molecule has 2 aliphatic rings. The molecular formula is C24H32N6O3. The van der Waals surface area contributed by atoms with Crippen molar-refractivity contribution in [2.75, 3.05) is 43.6 Å². The SMILES string of the molecule is C=Nc1c(N=CC)cc(N2CCOCC2)cc1OC1CCC(Nc2ccnc(OC)n2)CC1. The molecule has 9 nitrogen and oxygen atoms in total. The highest BCUT2D eigenvalue weighted by atomic mass is 16.5. The molecule has 33 heavy (non-hydrogen) atoms. The molecular weight excluding hydrogens is 420 g/mol. The van der Waals surface area contributed by atoms with E-state index in [1.807, 2.05) is 13.0 Å². The van der Waals surface area contributed by atoms with Crippen LogP contribution in [0.2, 0.25) is 0 Å². The summed E-state index contributed by atoms with van der Waals surface area (Å²) < 4.78 is 17.1. The molecule has 2 aromatic rings. The quantitative estimate of drug-likeness (QED) is 0.601. The first-order valence-electron chi connectivity index (χ1n) is 11.5. The Hall–Kier alpha value is -3.20. The van der Waals surface area contributed by atoms with E-state index in [1.54, 1.807) is 19.5 Å². The fourth-order valence-corrected chi connectivity index (χ4v) is 4.30. The molecule has 4 rings (SSSR count). The molecule has 176 valence electrons. The molecule has 1 N–H and O–H groups in total. The molecule has 0 unspecified atom stereocenters. The normalized spacial score (nSPS) is 21.1. The third-order valence-electron chi connectivity index (χ3n) is 5.98. The monoisotopic (exact) mass is 452 g/mol. The molecule has 1 aromatic carbocycles. The van der Waals surface area contributed by atoms with Gasteiger partial charge >= 0.3 is 6.01 Å². The van der Waals surface area contributed by atoms with E-state index in [9.17, 15) is 0 Å². The second-order valence-electron chi connectivity index (χ2n) is 8.12. The van der Waals surface area contributed by atoms with Crippen LogP contribution in [0.5, 0.6) is 11.8 Å². The summed E-state index contributed by atoms with van der Waals surface area (Å²) in [5, 5.41) is 3.49. The minimum Gasteiger partial charge on any atom is -0.488 e. The number of aromatic nitrogens is 2. The third-order valence-corrected chi connectivity index (χ3v) is 5.98. The molecule has 0 radical (unpaired) electrons. The van der Waals surface area contributed by atoms with Gasteiger partial charge in [-0.25, -0.2) is 4.98 Å². The number of nitrogens with one attached hydrogen (secondary N) is 1. The number of aliphatic imine (C=N–C) groups is 2. The summed E-state index contributed by atoms with van der Waals surface area (Å²) in [6.07, 6.45) is 7.42. The zero-order valence-electron chi connectivity index (χ0n) is 19.4. The molecule has 0 amide bonds. The number of anilines is 2. The molecule has 0 spiro atoms. The fourth-order valence-electron chi connectivity index (χ4n) is 4.30. The van der Waals surface area contributed by atoms with Gasteiger partial charge in [-0.05, 0) is 51.5 Å². The van der Waals surface area contributed by atoms with E-state index in [4.69, 9.17) is 14.2 Å². The van der Waals surface area contributed by atoms with Crippen molar-refractivity contribution in [3.05, 3.63) is 24.4 Å². The number of rotatable bonds is 8. The zero-order chi connectivity index (χ0) is 23.0. The first-order valence-corrected chi connectivity index (χ1v) is 11.5. The highest BCUT2D eigenvalue weighted by Crippen LogP contribution is 2.43. The van der Waals surface area contributed by atoms with Gasteiger partial charge in [0.2, 0.25) is 0 Å². The molecule has 0 bridgehead atoms. The second-order valence-corrected chi connectivity index (χ2v) is 8.12. The maximum Gasteiger partial charge on any atom is 0.318 e. The Kier molecular flexibility index (Phi) is 7.72. The summed E-state index contributed by atoms with van der Waals surface area (Å²) in [6, 6.07) is 6.69. The van der Waals surface area contributed by atoms with Crippen molar-refractivity contribution in [1.29, 1.82) is 0 Å². The molecule has 1 aliphatic heterocycles. The summed E-state index contributed by atoms with van der Waals surface area (Å²) in [5.74, 6) is 1.52. The van der Waals surface area contributed by atoms with Crippen LogP contribution in [0.15, 0.2) is 34.4 Å². The van der Waals surface area contributed by atoms with Gasteiger partial charge in [-0.1, -0.05) is 0 Å². The lowest BCUT2D eigenvalue weighted by atomic mass is 9.93. The smallest absolute Gasteiger partial charge is 0.318 e. The van der Waals surface area contributed by atoms with E-state index in [2.05, 4.69) is 49.0 Å². The van der Waals surface area contributed by atoms with E-state index in [0.717, 1.165) is 74.9 Å². The highest BCUT2D eigenvalue weighted by molar-refractivity contribution is 5.80. The van der Waals surface area contributed by atoms with Crippen LogP contribution in [0.3, 0.4) is 0 Å². The largest absolute Gasteiger partial charge is 0.488 e. The minimum absolute atomic E-state index is 0.113. The first kappa shape index (κ1) is 23.0. The number of ether oxygens (including phenoxy) is 3. The van der Waals surface area contributed by atoms with Gasteiger partial charge in [0.25, 0.3) is 0 Å². The number of methoxy groups -OCH3 is 1. The molecule has 2 heterocycles. The van der Waals surface area contributed by atoms with Gasteiger partial charge in [-0.3, -0.25) is 9.98 Å². The molecule has 1 saturated heterocycles. The average molecular weight is 453 g/mol. The van der Waals surface area contributed by atoms with Crippen molar-refractivity contribution < 1.29 is 14.2 Å². The van der Waals surface area contributed by atoms with Gasteiger partial charge in [-0.15, -0.1) is 0 Å². The van der Waals surface area contributed by atoms with Gasteiger partial charge in [-0.2, -0.15) is 4.98 Å². The summed E-state index contributed by atoms with van der Waals surface area (Å²) in [7, 11) is 1.57. The Balaban J connectivity index is 1.44. The highest BCUT2D eigenvalue weighted by Gasteiger charge is 2.25. The van der Waals surface area contributed by atoms with Crippen LogP contribution >= 0.6 is 0 Å². The maximum atomic E-state index is 6.49. The van der Waals surface area contributed by atoms with E-state index in [1.165, 1.54) is 0 Å². The average Bonchev–Trinajstić information content (AvgIpc) is 2.86. The predicted octanol–water partition coefficient (Wildman–Crippen LogP) is 4.18. The minimum atomic E-state index is 0.113. The third kappa shape index (κ3) is 5.78. The molecule has 1 aromatic heterocycles. The Bertz CT molecular complexity index is 969. The molecule has 0 atom stereocenters. The molecule has 1 aliphatic carbocycles. The van der Waals surface area contributed by atoms with Gasteiger partial charge in [0.05, 0.1) is 32.1 Å². The van der Waals surface area contributed by atoms with Crippen molar-refractivity contribution in [2.45, 2.75) is 44.8 Å². The summed E-state index contributed by atoms with van der Waals surface area (Å²) in [4.78, 5) is 19.5. The molecule has 1 saturated carbocycles. The van der Waals surface area contributed by atoms with Crippen LogP contribution in [0, 0.1) is 0 Å². The lowest BCUT2D eigenvalue weighted by Crippen LogP contribution is -2.36. The van der Waals surface area contributed by atoms with Crippen molar-refractivity contribution in [3.8, 4) is 11.8 Å². The zero-order valence-corrected chi connectivity index (χ0v) is 19.4. The van der Waals surface area contributed by atoms with Crippen molar-refractivity contribution >= 4 is 35.8 Å². The summed E-state index contributed by atoms with van der Waals surface area (Å²) in [6.45, 7) is 8.81.